The molecule has 1 heterocycles. The Bertz CT molecular complexity index is 764. The Hall–Kier alpha value is -2.37. The molecule has 2 aromatic rings. The normalized spacial score (nSPS) is 15.5. The maximum atomic E-state index is 12.3. The lowest BCUT2D eigenvalue weighted by molar-refractivity contribution is -0.125. The number of carbonyl (C=O) groups excluding carboxylic acids is 2. The fourth-order valence-corrected chi connectivity index (χ4v) is 2.86. The maximum Gasteiger partial charge on any atom is 0.243 e. The Morgan fingerprint density at radius 3 is 2.64 bits per heavy atom. The van der Waals surface area contributed by atoms with Crippen LogP contribution in [0.4, 0.5) is 5.69 Å². The second-order valence-electron chi connectivity index (χ2n) is 6.04. The minimum atomic E-state index is -0.299. The topological polar surface area (TPSA) is 70.2 Å². The molecule has 0 radical (unpaired) electrons. The van der Waals surface area contributed by atoms with Gasteiger partial charge in [-0.3, -0.25) is 9.59 Å². The van der Waals surface area contributed by atoms with Gasteiger partial charge in [0.1, 0.15) is 0 Å². The predicted molar refractivity (Wildman–Crippen MR) is 101 cm³/mol. The van der Waals surface area contributed by atoms with Gasteiger partial charge in [0, 0.05) is 12.2 Å². The Kier molecular flexibility index (Phi) is 6.56. The zero-order valence-corrected chi connectivity index (χ0v) is 14.9. The van der Waals surface area contributed by atoms with Gasteiger partial charge in [-0.05, 0) is 42.2 Å². The SMILES string of the molecule is Cc1cccc(NC(=O)CNC(=O)C2Cc3ccccc3CN2)c1.Cl. The summed E-state index contributed by atoms with van der Waals surface area (Å²) in [4.78, 5) is 24.2. The second-order valence-corrected chi connectivity index (χ2v) is 6.04. The van der Waals surface area contributed by atoms with Crippen LogP contribution in [-0.2, 0) is 22.6 Å². The molecule has 0 aliphatic carbocycles. The van der Waals surface area contributed by atoms with E-state index >= 15 is 0 Å². The average molecular weight is 360 g/mol. The molecule has 5 nitrogen and oxygen atoms in total. The van der Waals surface area contributed by atoms with Gasteiger partial charge in [-0.2, -0.15) is 0 Å². The van der Waals surface area contributed by atoms with E-state index < -0.39 is 0 Å². The molecule has 3 N–H and O–H groups in total. The monoisotopic (exact) mass is 359 g/mol. The Labute approximate surface area is 153 Å². The predicted octanol–water partition coefficient (Wildman–Crippen LogP) is 2.19. The number of rotatable bonds is 4. The van der Waals surface area contributed by atoms with Crippen LogP contribution < -0.4 is 16.0 Å². The van der Waals surface area contributed by atoms with Crippen molar-refractivity contribution in [1.29, 1.82) is 0 Å². The molecule has 2 amide bonds. The van der Waals surface area contributed by atoms with Crippen molar-refractivity contribution >= 4 is 29.9 Å². The van der Waals surface area contributed by atoms with E-state index in [-0.39, 0.29) is 36.8 Å². The number of aryl methyl sites for hydroxylation is 1. The van der Waals surface area contributed by atoms with E-state index in [0.717, 1.165) is 11.3 Å². The second kappa shape index (κ2) is 8.65. The van der Waals surface area contributed by atoms with Crippen LogP contribution >= 0.6 is 12.4 Å². The van der Waals surface area contributed by atoms with Crippen molar-refractivity contribution in [2.45, 2.75) is 25.9 Å². The van der Waals surface area contributed by atoms with Gasteiger partial charge in [-0.15, -0.1) is 12.4 Å². The van der Waals surface area contributed by atoms with Gasteiger partial charge >= 0.3 is 0 Å². The summed E-state index contributed by atoms with van der Waals surface area (Å²) in [6.07, 6.45) is 0.640. The zero-order valence-electron chi connectivity index (χ0n) is 14.0. The molecule has 132 valence electrons. The number of benzene rings is 2. The highest BCUT2D eigenvalue weighted by molar-refractivity contribution is 5.95. The van der Waals surface area contributed by atoms with Crippen LogP contribution in [0, 0.1) is 6.92 Å². The summed E-state index contributed by atoms with van der Waals surface area (Å²) < 4.78 is 0. The molecule has 2 aromatic carbocycles. The van der Waals surface area contributed by atoms with Crippen LogP contribution in [0.2, 0.25) is 0 Å². The number of anilines is 1. The number of hydrogen-bond acceptors (Lipinski definition) is 3. The lowest BCUT2D eigenvalue weighted by Crippen LogP contribution is -2.49. The fraction of sp³-hybridized carbons (Fsp3) is 0.263. The van der Waals surface area contributed by atoms with Gasteiger partial charge in [0.15, 0.2) is 0 Å². The molecule has 6 heteroatoms. The summed E-state index contributed by atoms with van der Waals surface area (Å²) in [5.74, 6) is -0.381. The molecule has 0 saturated heterocycles. The Morgan fingerprint density at radius 2 is 1.88 bits per heavy atom. The summed E-state index contributed by atoms with van der Waals surface area (Å²) in [6, 6.07) is 15.3. The van der Waals surface area contributed by atoms with Gasteiger partial charge in [0.05, 0.1) is 12.6 Å². The third-order valence-electron chi connectivity index (χ3n) is 4.12. The smallest absolute Gasteiger partial charge is 0.243 e. The number of hydrogen-bond donors (Lipinski definition) is 3. The van der Waals surface area contributed by atoms with Gasteiger partial charge in [0.2, 0.25) is 11.8 Å². The molecule has 1 atom stereocenters. The minimum Gasteiger partial charge on any atom is -0.346 e. The van der Waals surface area contributed by atoms with Crippen LogP contribution in [0.1, 0.15) is 16.7 Å². The van der Waals surface area contributed by atoms with Crippen LogP contribution in [0.5, 0.6) is 0 Å². The van der Waals surface area contributed by atoms with Crippen molar-refractivity contribution in [3.8, 4) is 0 Å². The fourth-order valence-electron chi connectivity index (χ4n) is 2.86. The molecule has 0 saturated carbocycles. The molecule has 25 heavy (non-hydrogen) atoms. The van der Waals surface area contributed by atoms with Crippen molar-refractivity contribution in [3.05, 3.63) is 65.2 Å². The maximum absolute atomic E-state index is 12.3. The molecule has 0 fully saturated rings. The molecule has 1 aliphatic rings. The third kappa shape index (κ3) is 5.05. The Morgan fingerprint density at radius 1 is 1.12 bits per heavy atom. The van der Waals surface area contributed by atoms with E-state index in [1.165, 1.54) is 11.1 Å². The summed E-state index contributed by atoms with van der Waals surface area (Å²) in [5, 5.41) is 8.70. The number of nitrogens with one attached hydrogen (secondary N) is 3. The average Bonchev–Trinajstić information content (AvgIpc) is 2.59. The molecule has 0 spiro atoms. The van der Waals surface area contributed by atoms with Crippen LogP contribution in [0.3, 0.4) is 0 Å². The van der Waals surface area contributed by atoms with Gasteiger partial charge in [0.25, 0.3) is 0 Å². The van der Waals surface area contributed by atoms with E-state index in [2.05, 4.69) is 22.0 Å². The quantitative estimate of drug-likeness (QED) is 0.783. The minimum absolute atomic E-state index is 0. The first-order chi connectivity index (χ1) is 11.6. The van der Waals surface area contributed by atoms with Crippen molar-refractivity contribution < 1.29 is 9.59 Å². The van der Waals surface area contributed by atoms with E-state index in [4.69, 9.17) is 0 Å². The summed E-state index contributed by atoms with van der Waals surface area (Å²) in [6.45, 7) is 2.60. The standard InChI is InChI=1S/C19H21N3O2.ClH/c1-13-5-4-8-16(9-13)22-18(23)12-21-19(24)17-10-14-6-2-3-7-15(14)11-20-17;/h2-9,17,20H,10-12H2,1H3,(H,21,24)(H,22,23);1H. The first-order valence-corrected chi connectivity index (χ1v) is 8.06. The van der Waals surface area contributed by atoms with Gasteiger partial charge in [-0.1, -0.05) is 36.4 Å². The molecule has 0 bridgehead atoms. The molecule has 3 rings (SSSR count). The molecular weight excluding hydrogens is 338 g/mol. The highest BCUT2D eigenvalue weighted by atomic mass is 35.5. The number of amides is 2. The van der Waals surface area contributed by atoms with E-state index in [0.29, 0.717) is 13.0 Å². The molecular formula is C19H22ClN3O2. The molecule has 1 aliphatic heterocycles. The van der Waals surface area contributed by atoms with Crippen molar-refractivity contribution in [3.63, 3.8) is 0 Å². The number of carbonyl (C=O) groups is 2. The third-order valence-corrected chi connectivity index (χ3v) is 4.12. The highest BCUT2D eigenvalue weighted by Gasteiger charge is 2.23. The molecule has 0 aromatic heterocycles. The number of fused-ring (bicyclic) bond motifs is 1. The van der Waals surface area contributed by atoms with E-state index in [1.54, 1.807) is 0 Å². The lowest BCUT2D eigenvalue weighted by Gasteiger charge is -2.25. The zero-order chi connectivity index (χ0) is 16.9. The van der Waals surface area contributed by atoms with Gasteiger partial charge in [-0.25, -0.2) is 0 Å². The highest BCUT2D eigenvalue weighted by Crippen LogP contribution is 2.16. The summed E-state index contributed by atoms with van der Waals surface area (Å²) in [5.41, 5.74) is 4.21. The van der Waals surface area contributed by atoms with Crippen molar-refractivity contribution in [1.82, 2.24) is 10.6 Å². The van der Waals surface area contributed by atoms with Crippen molar-refractivity contribution in [2.75, 3.05) is 11.9 Å². The largest absolute Gasteiger partial charge is 0.346 e. The first kappa shape index (κ1) is 19.0. The summed E-state index contributed by atoms with van der Waals surface area (Å²) in [7, 11) is 0. The van der Waals surface area contributed by atoms with Crippen molar-refractivity contribution in [2.24, 2.45) is 0 Å². The van der Waals surface area contributed by atoms with Crippen LogP contribution in [0.25, 0.3) is 0 Å². The lowest BCUT2D eigenvalue weighted by atomic mass is 9.95. The Balaban J connectivity index is 0.00000225. The van der Waals surface area contributed by atoms with Crippen LogP contribution in [0.15, 0.2) is 48.5 Å². The molecule has 1 unspecified atom stereocenters. The van der Waals surface area contributed by atoms with E-state index in [9.17, 15) is 9.59 Å². The van der Waals surface area contributed by atoms with Crippen LogP contribution in [-0.4, -0.2) is 24.4 Å². The number of halogens is 1. The van der Waals surface area contributed by atoms with E-state index in [1.807, 2.05) is 49.4 Å². The first-order valence-electron chi connectivity index (χ1n) is 8.06. The van der Waals surface area contributed by atoms with Gasteiger partial charge < -0.3 is 16.0 Å². The summed E-state index contributed by atoms with van der Waals surface area (Å²) >= 11 is 0.